The third-order valence-electron chi connectivity index (χ3n) is 2.79. The van der Waals surface area contributed by atoms with Crippen molar-refractivity contribution in [3.63, 3.8) is 0 Å². The Labute approximate surface area is 117 Å². The van der Waals surface area contributed by atoms with Crippen LogP contribution in [0.4, 0.5) is 5.69 Å². The second kappa shape index (κ2) is 5.73. The molecule has 0 fully saturated rings. The molecule has 19 heavy (non-hydrogen) atoms. The summed E-state index contributed by atoms with van der Waals surface area (Å²) in [4.78, 5) is 1.00. The van der Waals surface area contributed by atoms with E-state index >= 15 is 0 Å². The smallest absolute Gasteiger partial charge is 0.265 e. The van der Waals surface area contributed by atoms with Crippen LogP contribution in [0.25, 0.3) is 0 Å². The fraction of sp³-hybridized carbons (Fsp3) is 0.231. The second-order valence-electron chi connectivity index (χ2n) is 3.92. The van der Waals surface area contributed by atoms with Crippen LogP contribution >= 0.6 is 11.3 Å². The number of hydrogen-bond acceptors (Lipinski definition) is 4. The minimum Gasteiger partial charge on any atom is -0.326 e. The van der Waals surface area contributed by atoms with Gasteiger partial charge in [0.2, 0.25) is 0 Å². The summed E-state index contributed by atoms with van der Waals surface area (Å²) in [5.41, 5.74) is 6.27. The number of sulfonamides is 1. The van der Waals surface area contributed by atoms with Gasteiger partial charge in [-0.25, -0.2) is 8.42 Å². The third kappa shape index (κ3) is 2.65. The van der Waals surface area contributed by atoms with Crippen LogP contribution in [0.1, 0.15) is 11.8 Å². The fourth-order valence-corrected chi connectivity index (χ4v) is 4.69. The van der Waals surface area contributed by atoms with E-state index in [4.69, 9.17) is 5.73 Å². The molecule has 0 radical (unpaired) electrons. The molecule has 0 amide bonds. The van der Waals surface area contributed by atoms with E-state index in [0.717, 1.165) is 0 Å². The number of nitrogens with zero attached hydrogens (tertiary/aromatic N) is 1. The van der Waals surface area contributed by atoms with E-state index in [0.29, 0.717) is 22.0 Å². The largest absolute Gasteiger partial charge is 0.326 e. The van der Waals surface area contributed by atoms with Crippen LogP contribution < -0.4 is 10.0 Å². The maximum Gasteiger partial charge on any atom is 0.265 e. The Morgan fingerprint density at radius 1 is 1.21 bits per heavy atom. The van der Waals surface area contributed by atoms with E-state index in [1.165, 1.54) is 15.6 Å². The van der Waals surface area contributed by atoms with Crippen LogP contribution in [0.5, 0.6) is 0 Å². The van der Waals surface area contributed by atoms with E-state index < -0.39 is 10.0 Å². The molecule has 0 aliphatic carbocycles. The zero-order valence-electron chi connectivity index (χ0n) is 10.6. The van der Waals surface area contributed by atoms with Crippen molar-refractivity contribution in [2.45, 2.75) is 18.4 Å². The van der Waals surface area contributed by atoms with Crippen molar-refractivity contribution in [3.8, 4) is 0 Å². The minimum atomic E-state index is -3.54. The highest BCUT2D eigenvalue weighted by atomic mass is 32.2. The fourth-order valence-electron chi connectivity index (χ4n) is 1.91. The highest BCUT2D eigenvalue weighted by molar-refractivity contribution is 7.93. The predicted octanol–water partition coefficient (Wildman–Crippen LogP) is 2.42. The van der Waals surface area contributed by atoms with Crippen LogP contribution in [0.15, 0.2) is 46.7 Å². The van der Waals surface area contributed by atoms with Gasteiger partial charge in [0.25, 0.3) is 10.0 Å². The number of hydrogen-bond donors (Lipinski definition) is 1. The summed E-state index contributed by atoms with van der Waals surface area (Å²) < 4.78 is 26.8. The van der Waals surface area contributed by atoms with Crippen molar-refractivity contribution >= 4 is 27.0 Å². The summed E-state index contributed by atoms with van der Waals surface area (Å²) in [6, 6.07) is 10.7. The Hall–Kier alpha value is -1.37. The van der Waals surface area contributed by atoms with Gasteiger partial charge < -0.3 is 5.73 Å². The highest BCUT2D eigenvalue weighted by Crippen LogP contribution is 2.28. The molecule has 0 saturated heterocycles. The molecule has 2 rings (SSSR count). The highest BCUT2D eigenvalue weighted by Gasteiger charge is 2.26. The normalized spacial score (nSPS) is 11.5. The second-order valence-corrected chi connectivity index (χ2v) is 6.75. The third-order valence-corrected chi connectivity index (χ3v) is 5.85. The van der Waals surface area contributed by atoms with Gasteiger partial charge in [-0.3, -0.25) is 4.31 Å². The maximum atomic E-state index is 12.7. The van der Waals surface area contributed by atoms with E-state index in [9.17, 15) is 8.42 Å². The van der Waals surface area contributed by atoms with Crippen molar-refractivity contribution in [1.29, 1.82) is 0 Å². The molecule has 102 valence electrons. The summed E-state index contributed by atoms with van der Waals surface area (Å²) in [6.45, 7) is 2.43. The average Bonchev–Trinajstić information content (AvgIpc) is 2.89. The Morgan fingerprint density at radius 2 is 1.89 bits per heavy atom. The molecule has 0 saturated carbocycles. The number of thiophene rings is 1. The number of para-hydroxylation sites is 1. The summed E-state index contributed by atoms with van der Waals surface area (Å²) in [5.74, 6) is 0. The zero-order valence-corrected chi connectivity index (χ0v) is 12.2. The van der Waals surface area contributed by atoms with Gasteiger partial charge in [-0.15, -0.1) is 11.3 Å². The monoisotopic (exact) mass is 296 g/mol. The van der Waals surface area contributed by atoms with Crippen molar-refractivity contribution in [2.75, 3.05) is 10.8 Å². The van der Waals surface area contributed by atoms with Crippen LogP contribution in [0.2, 0.25) is 0 Å². The molecule has 2 N–H and O–H groups in total. The molecule has 1 heterocycles. The maximum absolute atomic E-state index is 12.7. The van der Waals surface area contributed by atoms with Gasteiger partial charge in [0.15, 0.2) is 0 Å². The Bertz CT molecular complexity index is 636. The van der Waals surface area contributed by atoms with Crippen molar-refractivity contribution in [1.82, 2.24) is 0 Å². The van der Waals surface area contributed by atoms with Gasteiger partial charge in [0, 0.05) is 18.0 Å². The summed E-state index contributed by atoms with van der Waals surface area (Å²) >= 11 is 1.37. The van der Waals surface area contributed by atoms with Crippen molar-refractivity contribution < 1.29 is 8.42 Å². The van der Waals surface area contributed by atoms with Gasteiger partial charge in [-0.1, -0.05) is 18.2 Å². The minimum absolute atomic E-state index is 0.235. The van der Waals surface area contributed by atoms with Crippen molar-refractivity contribution in [3.05, 3.63) is 46.7 Å². The van der Waals surface area contributed by atoms with Gasteiger partial charge in [0.1, 0.15) is 4.90 Å². The average molecular weight is 296 g/mol. The topological polar surface area (TPSA) is 63.4 Å². The van der Waals surface area contributed by atoms with Crippen LogP contribution in [0, 0.1) is 0 Å². The molecule has 4 nitrogen and oxygen atoms in total. The Morgan fingerprint density at radius 3 is 2.47 bits per heavy atom. The first kappa shape index (κ1) is 14.0. The summed E-state index contributed by atoms with van der Waals surface area (Å²) in [7, 11) is -3.54. The van der Waals surface area contributed by atoms with Gasteiger partial charge in [0.05, 0.1) is 5.69 Å². The molecule has 0 aliphatic rings. The lowest BCUT2D eigenvalue weighted by Crippen LogP contribution is -2.31. The molecule has 0 unspecified atom stereocenters. The Kier molecular flexibility index (Phi) is 4.24. The quantitative estimate of drug-likeness (QED) is 0.921. The van der Waals surface area contributed by atoms with Gasteiger partial charge in [-0.2, -0.15) is 0 Å². The molecule has 1 aromatic heterocycles. The molecular formula is C13H16N2O2S2. The van der Waals surface area contributed by atoms with Gasteiger partial charge in [-0.05, 0) is 30.5 Å². The molecular weight excluding hydrogens is 280 g/mol. The Balaban J connectivity index is 2.49. The van der Waals surface area contributed by atoms with Crippen LogP contribution in [-0.4, -0.2) is 15.0 Å². The zero-order chi connectivity index (χ0) is 13.9. The first-order valence-electron chi connectivity index (χ1n) is 5.95. The number of benzene rings is 1. The lowest BCUT2D eigenvalue weighted by atomic mass is 10.3. The molecule has 0 bridgehead atoms. The molecule has 6 heteroatoms. The lowest BCUT2D eigenvalue weighted by molar-refractivity contribution is 0.591. The first-order valence-corrected chi connectivity index (χ1v) is 8.27. The first-order chi connectivity index (χ1) is 9.11. The van der Waals surface area contributed by atoms with E-state index in [1.54, 1.807) is 23.6 Å². The molecule has 0 spiro atoms. The molecule has 2 aromatic rings. The van der Waals surface area contributed by atoms with Crippen molar-refractivity contribution in [2.24, 2.45) is 5.73 Å². The standard InChI is InChI=1S/C13H16N2O2S2/c1-2-15(11-6-4-3-5-7-11)19(16,17)13-8-9-18-12(13)10-14/h3-9H,2,10,14H2,1H3. The summed E-state index contributed by atoms with van der Waals surface area (Å²) in [5, 5.41) is 1.76. The number of anilines is 1. The predicted molar refractivity (Wildman–Crippen MR) is 78.9 cm³/mol. The van der Waals surface area contributed by atoms with E-state index in [2.05, 4.69) is 0 Å². The lowest BCUT2D eigenvalue weighted by Gasteiger charge is -2.22. The van der Waals surface area contributed by atoms with E-state index in [-0.39, 0.29) is 6.54 Å². The van der Waals surface area contributed by atoms with Crippen LogP contribution in [0.3, 0.4) is 0 Å². The van der Waals surface area contributed by atoms with E-state index in [1.807, 2.05) is 25.1 Å². The number of rotatable bonds is 5. The summed E-state index contributed by atoms with van der Waals surface area (Å²) in [6.07, 6.45) is 0. The van der Waals surface area contributed by atoms with Crippen LogP contribution in [-0.2, 0) is 16.6 Å². The van der Waals surface area contributed by atoms with Gasteiger partial charge >= 0.3 is 0 Å². The molecule has 1 aromatic carbocycles. The number of nitrogens with two attached hydrogens (primary N) is 1. The SMILES string of the molecule is CCN(c1ccccc1)S(=O)(=O)c1ccsc1CN. The molecule has 0 aliphatic heterocycles. The molecule has 0 atom stereocenters.